The average molecular weight is 394 g/mol. The molecule has 0 aromatic carbocycles. The first kappa shape index (κ1) is 22.4. The molecule has 0 aliphatic carbocycles. The van der Waals surface area contributed by atoms with Crippen molar-refractivity contribution in [2.24, 2.45) is 0 Å². The molecule has 0 amide bonds. The standard InChI is InChI=1S/C16H32Cl4Si/c17-15-13-11-9-7-5-3-1-2-4-6-8-10-12-14-16-21(18,19)20/h1-16H2. The summed E-state index contributed by atoms with van der Waals surface area (Å²) in [5, 5.41) is 0. The van der Waals surface area contributed by atoms with Gasteiger partial charge in [0.05, 0.1) is 0 Å². The Labute approximate surface area is 152 Å². The second-order valence-corrected chi connectivity index (χ2v) is 15.7. The fourth-order valence-corrected chi connectivity index (χ4v) is 4.58. The second kappa shape index (κ2) is 16.2. The maximum absolute atomic E-state index is 5.86. The maximum atomic E-state index is 5.86. The van der Waals surface area contributed by atoms with Crippen LogP contribution < -0.4 is 0 Å². The molecule has 128 valence electrons. The first-order chi connectivity index (χ1) is 10.1. The van der Waals surface area contributed by atoms with Crippen molar-refractivity contribution in [3.05, 3.63) is 0 Å². The van der Waals surface area contributed by atoms with Crippen LogP contribution in [0, 0.1) is 0 Å². The van der Waals surface area contributed by atoms with Crippen molar-refractivity contribution in [3.8, 4) is 0 Å². The Bertz CT molecular complexity index is 207. The van der Waals surface area contributed by atoms with E-state index in [9.17, 15) is 0 Å². The van der Waals surface area contributed by atoms with Gasteiger partial charge in [0.2, 0.25) is 0 Å². The van der Waals surface area contributed by atoms with E-state index in [4.69, 9.17) is 44.8 Å². The van der Waals surface area contributed by atoms with Crippen LogP contribution in [0.15, 0.2) is 0 Å². The molecular formula is C16H32Cl4Si. The number of hydrogen-bond acceptors (Lipinski definition) is 0. The second-order valence-electron chi connectivity index (χ2n) is 6.00. The first-order valence-corrected chi connectivity index (χ1v) is 14.5. The highest BCUT2D eigenvalue weighted by Gasteiger charge is 2.23. The Hall–Kier alpha value is 1.38. The number of halogens is 4. The summed E-state index contributed by atoms with van der Waals surface area (Å²) in [6.07, 6.45) is 18.6. The number of alkyl halides is 1. The quantitative estimate of drug-likeness (QED) is 0.107. The molecule has 0 radical (unpaired) electrons. The fourth-order valence-electron chi connectivity index (χ4n) is 2.54. The minimum absolute atomic E-state index is 0.822. The number of hydrogen-bond donors (Lipinski definition) is 0. The number of rotatable bonds is 16. The highest BCUT2D eigenvalue weighted by molar-refractivity contribution is 7.64. The molecule has 0 saturated carbocycles. The van der Waals surface area contributed by atoms with Gasteiger partial charge in [-0.1, -0.05) is 83.5 Å². The maximum Gasteiger partial charge on any atom is 0.341 e. The summed E-state index contributed by atoms with van der Waals surface area (Å²) in [5.74, 6) is 0.826. The molecule has 0 aliphatic rings. The van der Waals surface area contributed by atoms with Crippen LogP contribution in [0.25, 0.3) is 0 Å². The van der Waals surface area contributed by atoms with Gasteiger partial charge in [0, 0.05) is 5.88 Å². The van der Waals surface area contributed by atoms with Gasteiger partial charge in [-0.05, 0) is 12.5 Å². The van der Waals surface area contributed by atoms with E-state index >= 15 is 0 Å². The lowest BCUT2D eigenvalue weighted by atomic mass is 10.0. The zero-order valence-electron chi connectivity index (χ0n) is 13.3. The lowest BCUT2D eigenvalue weighted by molar-refractivity contribution is 0.538. The van der Waals surface area contributed by atoms with Crippen molar-refractivity contribution in [1.29, 1.82) is 0 Å². The van der Waals surface area contributed by atoms with E-state index in [0.29, 0.717) is 0 Å². The zero-order chi connectivity index (χ0) is 15.8. The normalized spacial score (nSPS) is 12.0. The molecule has 0 nitrogen and oxygen atoms in total. The zero-order valence-corrected chi connectivity index (χ0v) is 17.3. The molecule has 0 heterocycles. The van der Waals surface area contributed by atoms with Gasteiger partial charge in [0.25, 0.3) is 0 Å². The summed E-state index contributed by atoms with van der Waals surface area (Å²) in [5.41, 5.74) is 0. The van der Waals surface area contributed by atoms with E-state index < -0.39 is 6.00 Å². The molecule has 0 aromatic heterocycles. The van der Waals surface area contributed by atoms with Gasteiger partial charge in [-0.25, -0.2) is 0 Å². The van der Waals surface area contributed by atoms with Crippen LogP contribution in [-0.2, 0) is 0 Å². The summed E-state index contributed by atoms with van der Waals surface area (Å²) in [7, 11) is 0. The summed E-state index contributed by atoms with van der Waals surface area (Å²) in [6.45, 7) is 0. The molecule has 0 aromatic rings. The van der Waals surface area contributed by atoms with Gasteiger partial charge in [-0.3, -0.25) is 0 Å². The Balaban J connectivity index is 3.00. The van der Waals surface area contributed by atoms with Crippen molar-refractivity contribution in [2.75, 3.05) is 5.88 Å². The van der Waals surface area contributed by atoms with E-state index in [1.165, 1.54) is 83.5 Å². The molecule has 0 unspecified atom stereocenters. The summed E-state index contributed by atoms with van der Waals surface area (Å²) in [6, 6.07) is -1.53. The van der Waals surface area contributed by atoms with Crippen molar-refractivity contribution in [3.63, 3.8) is 0 Å². The van der Waals surface area contributed by atoms with Crippen LogP contribution in [0.5, 0.6) is 0 Å². The van der Waals surface area contributed by atoms with E-state index in [0.717, 1.165) is 18.3 Å². The fraction of sp³-hybridized carbons (Fsp3) is 1.00. The Morgan fingerprint density at radius 1 is 0.429 bits per heavy atom. The Kier molecular flexibility index (Phi) is 17.3. The first-order valence-electron chi connectivity index (χ1n) is 8.69. The van der Waals surface area contributed by atoms with Gasteiger partial charge in [0.15, 0.2) is 0 Å². The highest BCUT2D eigenvalue weighted by atomic mass is 35.8. The van der Waals surface area contributed by atoms with Gasteiger partial charge in [0.1, 0.15) is 0 Å². The number of unbranched alkanes of at least 4 members (excludes halogenated alkanes) is 13. The topological polar surface area (TPSA) is 0 Å². The minimum atomic E-state index is -2.35. The van der Waals surface area contributed by atoms with Crippen molar-refractivity contribution < 1.29 is 0 Å². The molecule has 0 aliphatic heterocycles. The molecule has 0 saturated heterocycles. The van der Waals surface area contributed by atoms with Crippen LogP contribution in [0.3, 0.4) is 0 Å². The van der Waals surface area contributed by atoms with Crippen LogP contribution in [-0.4, -0.2) is 11.9 Å². The minimum Gasteiger partial charge on any atom is -0.127 e. The van der Waals surface area contributed by atoms with Gasteiger partial charge >= 0.3 is 6.00 Å². The Morgan fingerprint density at radius 2 is 0.714 bits per heavy atom. The van der Waals surface area contributed by atoms with E-state index in [2.05, 4.69) is 0 Å². The lowest BCUT2D eigenvalue weighted by Gasteiger charge is -2.06. The molecule has 0 atom stereocenters. The van der Waals surface area contributed by atoms with E-state index in [1.807, 2.05) is 0 Å². The summed E-state index contributed by atoms with van der Waals surface area (Å²) >= 11 is 23.2. The molecule has 0 fully saturated rings. The Morgan fingerprint density at radius 3 is 1.00 bits per heavy atom. The predicted octanol–water partition coefficient (Wildman–Crippen LogP) is 8.34. The van der Waals surface area contributed by atoms with Crippen LogP contribution >= 0.6 is 44.8 Å². The third-order valence-corrected chi connectivity index (χ3v) is 6.73. The van der Waals surface area contributed by atoms with Crippen molar-refractivity contribution >= 4 is 50.8 Å². The molecule has 5 heteroatoms. The largest absolute Gasteiger partial charge is 0.341 e. The molecular weight excluding hydrogens is 362 g/mol. The molecule has 0 rings (SSSR count). The van der Waals surface area contributed by atoms with E-state index in [-0.39, 0.29) is 0 Å². The van der Waals surface area contributed by atoms with Crippen LogP contribution in [0.2, 0.25) is 6.04 Å². The molecule has 0 bridgehead atoms. The highest BCUT2D eigenvalue weighted by Crippen LogP contribution is 2.27. The third-order valence-electron chi connectivity index (χ3n) is 3.84. The molecule has 0 N–H and O–H groups in total. The summed E-state index contributed by atoms with van der Waals surface area (Å²) < 4.78 is 0. The van der Waals surface area contributed by atoms with Gasteiger partial charge < -0.3 is 0 Å². The van der Waals surface area contributed by atoms with Crippen molar-refractivity contribution in [2.45, 2.75) is 95.9 Å². The van der Waals surface area contributed by atoms with Crippen LogP contribution in [0.1, 0.15) is 89.9 Å². The SMILES string of the molecule is ClCCCCCCCCCCCCCCCC[Si](Cl)(Cl)Cl. The lowest BCUT2D eigenvalue weighted by Crippen LogP contribution is -2.07. The summed E-state index contributed by atoms with van der Waals surface area (Å²) in [4.78, 5) is 0. The van der Waals surface area contributed by atoms with E-state index in [1.54, 1.807) is 0 Å². The van der Waals surface area contributed by atoms with Gasteiger partial charge in [-0.15, -0.1) is 44.8 Å². The predicted molar refractivity (Wildman–Crippen MR) is 103 cm³/mol. The van der Waals surface area contributed by atoms with Crippen LogP contribution in [0.4, 0.5) is 0 Å². The van der Waals surface area contributed by atoms with Gasteiger partial charge in [-0.2, -0.15) is 0 Å². The van der Waals surface area contributed by atoms with Crippen molar-refractivity contribution in [1.82, 2.24) is 0 Å². The third kappa shape index (κ3) is 21.4. The smallest absolute Gasteiger partial charge is 0.127 e. The molecule has 21 heavy (non-hydrogen) atoms. The molecule has 0 spiro atoms. The monoisotopic (exact) mass is 392 g/mol. The average Bonchev–Trinajstić information content (AvgIpc) is 2.42.